The van der Waals surface area contributed by atoms with E-state index in [1.807, 2.05) is 39.4 Å². The average Bonchev–Trinajstić information content (AvgIpc) is 3.09. The summed E-state index contributed by atoms with van der Waals surface area (Å²) in [4.78, 5) is 15.8. The number of carbonyl (C=O) groups is 1. The van der Waals surface area contributed by atoms with E-state index in [4.69, 9.17) is 0 Å². The minimum Gasteiger partial charge on any atom is -0.342 e. The number of hydrogen-bond acceptors (Lipinski definition) is 4. The first-order valence-electron chi connectivity index (χ1n) is 6.77. The van der Waals surface area contributed by atoms with Crippen molar-refractivity contribution in [3.63, 3.8) is 0 Å². The summed E-state index contributed by atoms with van der Waals surface area (Å²) in [6.07, 6.45) is 1.62. The fourth-order valence-electron chi connectivity index (χ4n) is 2.40. The van der Waals surface area contributed by atoms with Gasteiger partial charge in [-0.15, -0.1) is 11.3 Å². The zero-order valence-corrected chi connectivity index (χ0v) is 13.6. The zero-order chi connectivity index (χ0) is 13.8. The van der Waals surface area contributed by atoms with Gasteiger partial charge in [0.1, 0.15) is 0 Å². The van der Waals surface area contributed by atoms with Crippen molar-refractivity contribution in [2.45, 2.75) is 18.1 Å². The topological polar surface area (TPSA) is 20.3 Å². The zero-order valence-electron chi connectivity index (χ0n) is 11.2. The molecule has 1 fully saturated rings. The van der Waals surface area contributed by atoms with Crippen LogP contribution >= 0.6 is 34.4 Å². The number of carbonyl (C=O) groups excluding carboxylic acids is 1. The molecule has 3 heterocycles. The molecule has 1 unspecified atom stereocenters. The molecular weight excluding hydrogens is 306 g/mol. The van der Waals surface area contributed by atoms with Gasteiger partial charge in [0.2, 0.25) is 5.91 Å². The molecule has 20 heavy (non-hydrogen) atoms. The molecule has 2 nitrogen and oxygen atoms in total. The predicted octanol–water partition coefficient (Wildman–Crippen LogP) is 4.06. The fourth-order valence-corrected chi connectivity index (χ4v) is 5.31. The van der Waals surface area contributed by atoms with Gasteiger partial charge in [-0.2, -0.15) is 23.1 Å². The van der Waals surface area contributed by atoms with E-state index < -0.39 is 0 Å². The van der Waals surface area contributed by atoms with Crippen LogP contribution < -0.4 is 0 Å². The predicted molar refractivity (Wildman–Crippen MR) is 88.7 cm³/mol. The molecule has 0 radical (unpaired) electrons. The van der Waals surface area contributed by atoms with E-state index in [-0.39, 0.29) is 5.91 Å². The highest BCUT2D eigenvalue weighted by molar-refractivity contribution is 7.99. The number of rotatable bonds is 3. The van der Waals surface area contributed by atoms with Gasteiger partial charge in [-0.05, 0) is 40.3 Å². The molecule has 1 saturated heterocycles. The number of hydrogen-bond donors (Lipinski definition) is 0. The minimum atomic E-state index is 0.274. The molecule has 2 aromatic rings. The molecule has 3 rings (SSSR count). The normalized spacial score (nSPS) is 19.8. The third kappa shape index (κ3) is 3.45. The van der Waals surface area contributed by atoms with E-state index in [9.17, 15) is 4.79 Å². The van der Waals surface area contributed by atoms with Crippen LogP contribution in [-0.4, -0.2) is 29.6 Å². The SMILES string of the molecule is O=C(Cc1ccsc1)N1CCSC(c2cccs2)CC1. The maximum Gasteiger partial charge on any atom is 0.227 e. The van der Waals surface area contributed by atoms with Crippen LogP contribution in [0.3, 0.4) is 0 Å². The van der Waals surface area contributed by atoms with Gasteiger partial charge in [0.25, 0.3) is 0 Å². The van der Waals surface area contributed by atoms with E-state index in [0.717, 1.165) is 30.8 Å². The number of thioether (sulfide) groups is 1. The highest BCUT2D eigenvalue weighted by atomic mass is 32.2. The molecule has 1 atom stereocenters. The fraction of sp³-hybridized carbons (Fsp3) is 0.400. The second kappa shape index (κ2) is 6.78. The Balaban J connectivity index is 1.58. The standard InChI is InChI=1S/C15H17NOS3/c17-15(10-12-4-8-18-11-12)16-5-3-14(20-9-6-16)13-2-1-7-19-13/h1-2,4,7-8,11,14H,3,5-6,9-10H2. The largest absolute Gasteiger partial charge is 0.342 e. The Hall–Kier alpha value is -0.780. The molecule has 0 aliphatic carbocycles. The Morgan fingerprint density at radius 1 is 1.30 bits per heavy atom. The van der Waals surface area contributed by atoms with Crippen LogP contribution in [0, 0.1) is 0 Å². The Morgan fingerprint density at radius 2 is 2.25 bits per heavy atom. The van der Waals surface area contributed by atoms with Crippen molar-refractivity contribution in [3.8, 4) is 0 Å². The van der Waals surface area contributed by atoms with Gasteiger partial charge in [0.15, 0.2) is 0 Å². The molecule has 0 N–H and O–H groups in total. The van der Waals surface area contributed by atoms with Gasteiger partial charge in [0.05, 0.1) is 6.42 Å². The Bertz CT molecular complexity index is 535. The molecule has 0 aromatic carbocycles. The van der Waals surface area contributed by atoms with Gasteiger partial charge in [-0.25, -0.2) is 0 Å². The third-order valence-corrected chi connectivity index (χ3v) is 6.67. The molecule has 1 amide bonds. The molecular formula is C15H17NOS3. The first-order valence-corrected chi connectivity index (χ1v) is 9.64. The second-order valence-electron chi connectivity index (χ2n) is 4.85. The number of amides is 1. The molecule has 0 spiro atoms. The summed E-state index contributed by atoms with van der Waals surface area (Å²) in [5.41, 5.74) is 1.15. The maximum atomic E-state index is 12.3. The molecule has 0 saturated carbocycles. The van der Waals surface area contributed by atoms with Crippen molar-refractivity contribution in [3.05, 3.63) is 44.8 Å². The van der Waals surface area contributed by atoms with Crippen molar-refractivity contribution < 1.29 is 4.79 Å². The van der Waals surface area contributed by atoms with Crippen molar-refractivity contribution >= 4 is 40.3 Å². The monoisotopic (exact) mass is 323 g/mol. The summed E-state index contributed by atoms with van der Waals surface area (Å²) in [6.45, 7) is 1.77. The van der Waals surface area contributed by atoms with Crippen molar-refractivity contribution in [2.75, 3.05) is 18.8 Å². The number of thiophene rings is 2. The molecule has 1 aliphatic rings. The first-order chi connectivity index (χ1) is 9.83. The summed E-state index contributed by atoms with van der Waals surface area (Å²) in [7, 11) is 0. The molecule has 1 aliphatic heterocycles. The summed E-state index contributed by atoms with van der Waals surface area (Å²) in [5, 5.41) is 6.81. The molecule has 5 heteroatoms. The van der Waals surface area contributed by atoms with Gasteiger partial charge in [-0.1, -0.05) is 6.07 Å². The van der Waals surface area contributed by atoms with Crippen LogP contribution in [0.25, 0.3) is 0 Å². The third-order valence-electron chi connectivity index (χ3n) is 3.49. The lowest BCUT2D eigenvalue weighted by molar-refractivity contribution is -0.130. The van der Waals surface area contributed by atoms with Crippen molar-refractivity contribution in [1.29, 1.82) is 0 Å². The lowest BCUT2D eigenvalue weighted by atomic mass is 10.2. The Morgan fingerprint density at radius 3 is 3.00 bits per heavy atom. The van der Waals surface area contributed by atoms with E-state index in [2.05, 4.69) is 22.9 Å². The van der Waals surface area contributed by atoms with Crippen LogP contribution in [0.2, 0.25) is 0 Å². The lowest BCUT2D eigenvalue weighted by Crippen LogP contribution is -2.34. The van der Waals surface area contributed by atoms with Crippen molar-refractivity contribution in [2.24, 2.45) is 0 Å². The molecule has 0 bridgehead atoms. The summed E-state index contributed by atoms with van der Waals surface area (Å²) < 4.78 is 0. The van der Waals surface area contributed by atoms with Crippen LogP contribution in [0.4, 0.5) is 0 Å². The van der Waals surface area contributed by atoms with Crippen LogP contribution in [-0.2, 0) is 11.2 Å². The molecule has 2 aromatic heterocycles. The van der Waals surface area contributed by atoms with E-state index >= 15 is 0 Å². The summed E-state index contributed by atoms with van der Waals surface area (Å²) in [5.74, 6) is 1.31. The highest BCUT2D eigenvalue weighted by Crippen LogP contribution is 2.36. The number of nitrogens with zero attached hydrogens (tertiary/aromatic N) is 1. The maximum absolute atomic E-state index is 12.3. The van der Waals surface area contributed by atoms with E-state index in [1.165, 1.54) is 4.88 Å². The minimum absolute atomic E-state index is 0.274. The summed E-state index contributed by atoms with van der Waals surface area (Å²) >= 11 is 5.48. The molecule has 106 valence electrons. The van der Waals surface area contributed by atoms with E-state index in [0.29, 0.717) is 11.7 Å². The Kier molecular flexibility index (Phi) is 4.81. The summed E-state index contributed by atoms with van der Waals surface area (Å²) in [6, 6.07) is 6.37. The van der Waals surface area contributed by atoms with Crippen LogP contribution in [0.1, 0.15) is 22.1 Å². The highest BCUT2D eigenvalue weighted by Gasteiger charge is 2.22. The van der Waals surface area contributed by atoms with E-state index in [1.54, 1.807) is 11.3 Å². The van der Waals surface area contributed by atoms with Gasteiger partial charge < -0.3 is 4.90 Å². The van der Waals surface area contributed by atoms with Crippen LogP contribution in [0.5, 0.6) is 0 Å². The smallest absolute Gasteiger partial charge is 0.227 e. The second-order valence-corrected chi connectivity index (χ2v) is 7.92. The Labute approximate surface area is 131 Å². The van der Waals surface area contributed by atoms with Crippen LogP contribution in [0.15, 0.2) is 34.3 Å². The van der Waals surface area contributed by atoms with Gasteiger partial charge in [-0.3, -0.25) is 4.79 Å². The van der Waals surface area contributed by atoms with Crippen molar-refractivity contribution in [1.82, 2.24) is 4.90 Å². The van der Waals surface area contributed by atoms with Gasteiger partial charge >= 0.3 is 0 Å². The van der Waals surface area contributed by atoms with Gasteiger partial charge in [0, 0.05) is 29.0 Å². The lowest BCUT2D eigenvalue weighted by Gasteiger charge is -2.20. The quantitative estimate of drug-likeness (QED) is 0.849. The average molecular weight is 324 g/mol. The first kappa shape index (κ1) is 14.2.